The monoisotopic (exact) mass is 310 g/mol. The first-order valence-electron chi connectivity index (χ1n) is 7.72. The highest BCUT2D eigenvalue weighted by atomic mass is 32.2. The molecule has 0 saturated heterocycles. The predicted octanol–water partition coefficient (Wildman–Crippen LogP) is 2.59. The molecule has 4 N–H and O–H groups in total. The molecule has 0 bridgehead atoms. The van der Waals surface area contributed by atoms with E-state index in [1.54, 1.807) is 12.2 Å². The van der Waals surface area contributed by atoms with E-state index >= 15 is 0 Å². The lowest BCUT2D eigenvalue weighted by atomic mass is 9.84. The highest BCUT2D eigenvalue weighted by Gasteiger charge is 2.34. The van der Waals surface area contributed by atoms with Crippen molar-refractivity contribution in [2.75, 3.05) is 5.75 Å². The van der Waals surface area contributed by atoms with Crippen LogP contribution in [-0.2, 0) is 0 Å². The Morgan fingerprint density at radius 1 is 1.33 bits per heavy atom. The van der Waals surface area contributed by atoms with E-state index < -0.39 is 6.23 Å². The largest absolute Gasteiger partial charge is 0.377 e. The number of hydrogen-bond donors (Lipinski definition) is 3. The molecule has 5 heteroatoms. The third kappa shape index (κ3) is 3.42. The fourth-order valence-corrected chi connectivity index (χ4v) is 4.71. The van der Waals surface area contributed by atoms with E-state index in [9.17, 15) is 9.50 Å². The van der Waals surface area contributed by atoms with Crippen molar-refractivity contribution in [3.8, 4) is 0 Å². The van der Waals surface area contributed by atoms with Crippen molar-refractivity contribution in [1.29, 1.82) is 0 Å². The molecule has 0 aromatic rings. The van der Waals surface area contributed by atoms with Crippen LogP contribution in [0.1, 0.15) is 32.1 Å². The number of thioether (sulfide) groups is 1. The summed E-state index contributed by atoms with van der Waals surface area (Å²) in [5.41, 5.74) is 8.76. The molecule has 3 nitrogen and oxygen atoms in total. The Morgan fingerprint density at radius 2 is 2.10 bits per heavy atom. The fraction of sp³-hybridized carbons (Fsp3) is 0.625. The van der Waals surface area contributed by atoms with E-state index in [0.29, 0.717) is 5.92 Å². The molecule has 3 unspecified atom stereocenters. The molecule has 0 saturated carbocycles. The number of allylic oxidation sites excluding steroid dienone is 4. The lowest BCUT2D eigenvalue weighted by molar-refractivity contribution is 0.109. The van der Waals surface area contributed by atoms with Gasteiger partial charge in [-0.2, -0.15) is 0 Å². The van der Waals surface area contributed by atoms with Crippen LogP contribution >= 0.6 is 11.8 Å². The maximum atomic E-state index is 13.0. The molecule has 1 aliphatic heterocycles. The normalized spacial score (nSPS) is 36.4. The van der Waals surface area contributed by atoms with Crippen LogP contribution in [0.25, 0.3) is 0 Å². The first-order chi connectivity index (χ1) is 10.1. The molecule has 1 heterocycles. The lowest BCUT2D eigenvalue weighted by Crippen LogP contribution is -2.55. The zero-order valence-corrected chi connectivity index (χ0v) is 12.9. The minimum Gasteiger partial charge on any atom is -0.377 e. The summed E-state index contributed by atoms with van der Waals surface area (Å²) in [4.78, 5) is 0. The van der Waals surface area contributed by atoms with Crippen LogP contribution in [-0.4, -0.2) is 28.5 Å². The molecule has 0 spiro atoms. The van der Waals surface area contributed by atoms with E-state index in [0.717, 1.165) is 25.0 Å². The molecular formula is C16H23FN2OS. The average molecular weight is 310 g/mol. The van der Waals surface area contributed by atoms with Crippen LogP contribution in [0.2, 0.25) is 0 Å². The van der Waals surface area contributed by atoms with Gasteiger partial charge in [-0.15, -0.1) is 11.8 Å². The molecule has 0 amide bonds. The van der Waals surface area contributed by atoms with Gasteiger partial charge in [0, 0.05) is 5.75 Å². The number of nitrogens with one attached hydrogen (secondary N) is 1. The summed E-state index contributed by atoms with van der Waals surface area (Å²) in [5.74, 6) is 1.17. The molecule has 0 fully saturated rings. The molecule has 21 heavy (non-hydrogen) atoms. The second-order valence-electron chi connectivity index (χ2n) is 6.05. The summed E-state index contributed by atoms with van der Waals surface area (Å²) in [5, 5.41) is 13.5. The predicted molar refractivity (Wildman–Crippen MR) is 85.3 cm³/mol. The third-order valence-electron chi connectivity index (χ3n) is 4.56. The Labute approximate surface area is 129 Å². The van der Waals surface area contributed by atoms with Crippen molar-refractivity contribution in [2.24, 2.45) is 11.7 Å². The van der Waals surface area contributed by atoms with E-state index in [4.69, 9.17) is 5.73 Å². The first-order valence-corrected chi connectivity index (χ1v) is 8.77. The Morgan fingerprint density at radius 3 is 2.81 bits per heavy atom. The Bertz CT molecular complexity index is 489. The van der Waals surface area contributed by atoms with Crippen LogP contribution in [0.3, 0.4) is 0 Å². The van der Waals surface area contributed by atoms with Gasteiger partial charge < -0.3 is 10.8 Å². The summed E-state index contributed by atoms with van der Waals surface area (Å²) in [6.45, 7) is 0. The number of rotatable bonds is 3. The molecule has 3 rings (SSSR count). The zero-order valence-electron chi connectivity index (χ0n) is 12.1. The average Bonchev–Trinajstić information content (AvgIpc) is 2.51. The quantitative estimate of drug-likeness (QED) is 0.701. The van der Waals surface area contributed by atoms with Crippen LogP contribution in [0.4, 0.5) is 4.39 Å². The SMILES string of the molecule is N[C@@H]1C2=C(CCCC2)C(SCC2C=CC(F)=CC2)NC1O. The Hall–Kier alpha value is -0.620. The topological polar surface area (TPSA) is 58.3 Å². The van der Waals surface area contributed by atoms with Gasteiger partial charge in [0.25, 0.3) is 0 Å². The van der Waals surface area contributed by atoms with Gasteiger partial charge in [0.15, 0.2) is 0 Å². The molecule has 4 atom stereocenters. The molecule has 0 radical (unpaired) electrons. The van der Waals surface area contributed by atoms with Gasteiger partial charge in [-0.1, -0.05) is 6.08 Å². The van der Waals surface area contributed by atoms with Crippen molar-refractivity contribution >= 4 is 11.8 Å². The highest BCUT2D eigenvalue weighted by Crippen LogP contribution is 2.37. The summed E-state index contributed by atoms with van der Waals surface area (Å²) in [6, 6.07) is -0.260. The summed E-state index contributed by atoms with van der Waals surface area (Å²) >= 11 is 1.81. The minimum absolute atomic E-state index is 0.134. The second kappa shape index (κ2) is 6.65. The van der Waals surface area contributed by atoms with E-state index in [1.807, 2.05) is 17.8 Å². The van der Waals surface area contributed by atoms with Gasteiger partial charge in [-0.3, -0.25) is 5.32 Å². The van der Waals surface area contributed by atoms with E-state index in [1.165, 1.54) is 24.0 Å². The summed E-state index contributed by atoms with van der Waals surface area (Å²) in [7, 11) is 0. The molecular weight excluding hydrogens is 287 g/mol. The van der Waals surface area contributed by atoms with Gasteiger partial charge in [-0.25, -0.2) is 4.39 Å². The molecule has 116 valence electrons. The van der Waals surface area contributed by atoms with Crippen molar-refractivity contribution in [3.05, 3.63) is 35.2 Å². The lowest BCUT2D eigenvalue weighted by Gasteiger charge is -2.39. The molecule has 3 aliphatic rings. The summed E-state index contributed by atoms with van der Waals surface area (Å²) < 4.78 is 13.0. The van der Waals surface area contributed by atoms with Crippen LogP contribution < -0.4 is 11.1 Å². The molecule has 2 aliphatic carbocycles. The first kappa shape index (κ1) is 15.3. The van der Waals surface area contributed by atoms with Gasteiger partial charge in [-0.05, 0) is 61.3 Å². The summed E-state index contributed by atoms with van der Waals surface area (Å²) in [6.07, 6.45) is 9.73. The minimum atomic E-state index is -0.654. The number of hydrogen-bond acceptors (Lipinski definition) is 4. The number of aliphatic hydroxyl groups is 1. The highest BCUT2D eigenvalue weighted by molar-refractivity contribution is 8.00. The van der Waals surface area contributed by atoms with Crippen molar-refractivity contribution in [3.63, 3.8) is 0 Å². The van der Waals surface area contributed by atoms with E-state index in [-0.39, 0.29) is 17.2 Å². The van der Waals surface area contributed by atoms with Gasteiger partial charge in [0.2, 0.25) is 0 Å². The third-order valence-corrected chi connectivity index (χ3v) is 5.93. The smallest absolute Gasteiger partial charge is 0.125 e. The zero-order chi connectivity index (χ0) is 14.8. The van der Waals surface area contributed by atoms with Crippen molar-refractivity contribution in [1.82, 2.24) is 5.32 Å². The Kier molecular flexibility index (Phi) is 4.84. The Balaban J connectivity index is 1.64. The maximum Gasteiger partial charge on any atom is 0.125 e. The van der Waals surface area contributed by atoms with Gasteiger partial charge in [0.1, 0.15) is 12.1 Å². The number of aliphatic hydroxyl groups excluding tert-OH is 1. The van der Waals surface area contributed by atoms with Gasteiger partial charge in [0.05, 0.1) is 11.4 Å². The molecule has 0 aromatic heterocycles. The fourth-order valence-electron chi connectivity index (χ4n) is 3.31. The number of nitrogens with two attached hydrogens (primary N) is 1. The number of halogens is 1. The maximum absolute atomic E-state index is 13.0. The van der Waals surface area contributed by atoms with Crippen molar-refractivity contribution < 1.29 is 9.50 Å². The van der Waals surface area contributed by atoms with Crippen LogP contribution in [0, 0.1) is 5.92 Å². The second-order valence-corrected chi connectivity index (χ2v) is 7.19. The standard InChI is InChI=1S/C16H23FN2OS/c17-11-7-5-10(6-8-11)9-21-16-13-4-2-1-3-12(13)14(18)15(20)19-16/h5,7-8,10,14-16,19-20H,1-4,6,9,18H2/t10?,14-,15?,16?/m1/s1. The van der Waals surface area contributed by atoms with Crippen LogP contribution in [0.5, 0.6) is 0 Å². The molecule has 0 aromatic carbocycles. The van der Waals surface area contributed by atoms with Gasteiger partial charge >= 0.3 is 0 Å². The van der Waals surface area contributed by atoms with E-state index in [2.05, 4.69) is 5.32 Å². The van der Waals surface area contributed by atoms with Crippen LogP contribution in [0.15, 0.2) is 35.2 Å². The van der Waals surface area contributed by atoms with Crippen molar-refractivity contribution in [2.45, 2.75) is 49.7 Å².